The van der Waals surface area contributed by atoms with Gasteiger partial charge in [0.1, 0.15) is 5.83 Å². The fraction of sp³-hybridized carbons (Fsp3) is 0.269. The van der Waals surface area contributed by atoms with Crippen LogP contribution >= 0.6 is 0 Å². The van der Waals surface area contributed by atoms with Gasteiger partial charge in [-0.05, 0) is 59.7 Å². The average molecular weight is 384 g/mol. The molecule has 5 rings (SSSR count). The van der Waals surface area contributed by atoms with Gasteiger partial charge in [0.15, 0.2) is 0 Å². The van der Waals surface area contributed by atoms with Crippen LogP contribution in [0.3, 0.4) is 0 Å². The summed E-state index contributed by atoms with van der Waals surface area (Å²) >= 11 is 0. The molecule has 0 bridgehead atoms. The number of halogens is 1. The fourth-order valence-electron chi connectivity index (χ4n) is 4.82. The summed E-state index contributed by atoms with van der Waals surface area (Å²) in [5.41, 5.74) is 6.90. The van der Waals surface area contributed by atoms with Gasteiger partial charge in [0.2, 0.25) is 0 Å². The lowest BCUT2D eigenvalue weighted by Crippen LogP contribution is -2.37. The maximum absolute atomic E-state index is 13.6. The number of nitrogens with zero attached hydrogens (tertiary/aromatic N) is 2. The Morgan fingerprint density at radius 3 is 2.86 bits per heavy atom. The molecule has 1 aliphatic carbocycles. The molecule has 0 radical (unpaired) electrons. The monoisotopic (exact) mass is 384 g/mol. The maximum Gasteiger partial charge on any atom is 0.101 e. The van der Waals surface area contributed by atoms with Crippen LogP contribution in [0.1, 0.15) is 54.0 Å². The summed E-state index contributed by atoms with van der Waals surface area (Å²) in [6.07, 6.45) is 13.5. The van der Waals surface area contributed by atoms with E-state index in [1.165, 1.54) is 16.8 Å². The Kier molecular flexibility index (Phi) is 4.67. The van der Waals surface area contributed by atoms with Crippen molar-refractivity contribution < 1.29 is 4.39 Å². The van der Waals surface area contributed by atoms with Crippen LogP contribution in [0.2, 0.25) is 0 Å². The Morgan fingerprint density at radius 1 is 1.14 bits per heavy atom. The van der Waals surface area contributed by atoms with E-state index in [1.807, 2.05) is 18.3 Å². The normalized spacial score (nSPS) is 23.6. The zero-order valence-electron chi connectivity index (χ0n) is 16.5. The molecule has 0 spiro atoms. The minimum absolute atomic E-state index is 0.0508. The predicted octanol–water partition coefficient (Wildman–Crippen LogP) is 6.40. The van der Waals surface area contributed by atoms with E-state index in [1.54, 1.807) is 6.08 Å². The molecule has 0 amide bonds. The first-order valence-corrected chi connectivity index (χ1v) is 10.4. The molecule has 1 aromatic carbocycles. The van der Waals surface area contributed by atoms with Gasteiger partial charge >= 0.3 is 0 Å². The number of benzene rings is 1. The molecular formula is C26H25FN2. The van der Waals surface area contributed by atoms with Crippen molar-refractivity contribution in [1.82, 2.24) is 9.88 Å². The topological polar surface area (TPSA) is 16.1 Å². The molecule has 29 heavy (non-hydrogen) atoms. The molecule has 0 N–H and O–H groups in total. The first kappa shape index (κ1) is 18.1. The van der Waals surface area contributed by atoms with Crippen molar-refractivity contribution in [1.29, 1.82) is 0 Å². The lowest BCUT2D eigenvalue weighted by molar-refractivity contribution is 0.248. The third kappa shape index (κ3) is 3.46. The Morgan fingerprint density at radius 2 is 2.03 bits per heavy atom. The number of allylic oxidation sites excluding steroid dienone is 5. The van der Waals surface area contributed by atoms with Gasteiger partial charge in [0, 0.05) is 36.8 Å². The highest BCUT2D eigenvalue weighted by Gasteiger charge is 2.37. The van der Waals surface area contributed by atoms with E-state index in [2.05, 4.69) is 59.0 Å². The molecule has 0 saturated carbocycles. The number of fused-ring (bicyclic) bond motifs is 2. The van der Waals surface area contributed by atoms with Crippen LogP contribution in [-0.2, 0) is 6.54 Å². The van der Waals surface area contributed by atoms with Crippen LogP contribution in [0.5, 0.6) is 0 Å². The van der Waals surface area contributed by atoms with E-state index in [4.69, 9.17) is 0 Å². The van der Waals surface area contributed by atoms with Crippen molar-refractivity contribution >= 4 is 11.6 Å². The Bertz CT molecular complexity index is 1030. The third-order valence-electron chi connectivity index (χ3n) is 6.36. The summed E-state index contributed by atoms with van der Waals surface area (Å²) in [6.45, 7) is 5.24. The molecular weight excluding hydrogens is 359 g/mol. The summed E-state index contributed by atoms with van der Waals surface area (Å²) in [4.78, 5) is 7.09. The van der Waals surface area contributed by atoms with Crippen LogP contribution in [0, 0.1) is 0 Å². The highest BCUT2D eigenvalue weighted by molar-refractivity contribution is 5.75. The van der Waals surface area contributed by atoms with E-state index in [-0.39, 0.29) is 5.83 Å². The van der Waals surface area contributed by atoms with Crippen molar-refractivity contribution in [3.63, 3.8) is 0 Å². The van der Waals surface area contributed by atoms with Crippen LogP contribution in [-0.4, -0.2) is 15.9 Å². The van der Waals surface area contributed by atoms with Gasteiger partial charge < -0.3 is 4.90 Å². The molecule has 1 fully saturated rings. The molecule has 2 nitrogen and oxygen atoms in total. The highest BCUT2D eigenvalue weighted by Crippen LogP contribution is 2.43. The summed E-state index contributed by atoms with van der Waals surface area (Å²) in [6, 6.07) is 13.3. The quantitative estimate of drug-likeness (QED) is 0.608. The first-order valence-electron chi connectivity index (χ1n) is 10.4. The third-order valence-corrected chi connectivity index (χ3v) is 6.36. The van der Waals surface area contributed by atoms with E-state index in [0.717, 1.165) is 42.6 Å². The highest BCUT2D eigenvalue weighted by atomic mass is 19.1. The van der Waals surface area contributed by atoms with Gasteiger partial charge in [0.05, 0.1) is 5.69 Å². The molecule has 3 aliphatic rings. The van der Waals surface area contributed by atoms with Crippen molar-refractivity contribution in [3.8, 4) is 0 Å². The largest absolute Gasteiger partial charge is 0.367 e. The Hall–Kier alpha value is -2.94. The van der Waals surface area contributed by atoms with Gasteiger partial charge in [-0.3, -0.25) is 4.98 Å². The van der Waals surface area contributed by atoms with Gasteiger partial charge in [-0.25, -0.2) is 4.39 Å². The number of hydrogen-bond donors (Lipinski definition) is 0. The second-order valence-electron chi connectivity index (χ2n) is 8.14. The SMILES string of the molecule is C=C1CC[C@@H]2C(/C=C/c3ccc(C4=CCCC(F)=C4)cn3)c3ccccc3CN12. The Labute approximate surface area is 171 Å². The molecule has 1 saturated heterocycles. The summed E-state index contributed by atoms with van der Waals surface area (Å²) < 4.78 is 13.6. The molecule has 3 heteroatoms. The van der Waals surface area contributed by atoms with Gasteiger partial charge in [-0.15, -0.1) is 0 Å². The minimum atomic E-state index is -0.0508. The zero-order valence-corrected chi connectivity index (χ0v) is 16.5. The second kappa shape index (κ2) is 7.47. The molecule has 2 aliphatic heterocycles. The molecule has 146 valence electrons. The first-order chi connectivity index (χ1) is 14.2. The molecule has 1 unspecified atom stereocenters. The van der Waals surface area contributed by atoms with Crippen molar-refractivity contribution in [2.75, 3.05) is 0 Å². The zero-order chi connectivity index (χ0) is 19.8. The lowest BCUT2D eigenvalue weighted by atomic mass is 9.83. The summed E-state index contributed by atoms with van der Waals surface area (Å²) in [5, 5.41) is 0. The molecule has 2 atom stereocenters. The van der Waals surface area contributed by atoms with Crippen LogP contribution < -0.4 is 0 Å². The number of hydrogen-bond acceptors (Lipinski definition) is 2. The van der Waals surface area contributed by atoms with Gasteiger partial charge in [-0.1, -0.05) is 49.1 Å². The van der Waals surface area contributed by atoms with E-state index >= 15 is 0 Å². The Balaban J connectivity index is 1.40. The van der Waals surface area contributed by atoms with Gasteiger partial charge in [0.25, 0.3) is 0 Å². The summed E-state index contributed by atoms with van der Waals surface area (Å²) in [5.74, 6) is 0.295. The molecule has 1 aromatic heterocycles. The van der Waals surface area contributed by atoms with Crippen molar-refractivity contribution in [2.24, 2.45) is 0 Å². The number of rotatable bonds is 3. The van der Waals surface area contributed by atoms with E-state index in [0.29, 0.717) is 18.4 Å². The van der Waals surface area contributed by atoms with Crippen LogP contribution in [0.25, 0.3) is 11.6 Å². The average Bonchev–Trinajstić information content (AvgIpc) is 3.12. The fourth-order valence-corrected chi connectivity index (χ4v) is 4.82. The number of aromatic nitrogens is 1. The van der Waals surface area contributed by atoms with Crippen LogP contribution in [0.4, 0.5) is 4.39 Å². The van der Waals surface area contributed by atoms with E-state index in [9.17, 15) is 4.39 Å². The summed E-state index contributed by atoms with van der Waals surface area (Å²) in [7, 11) is 0. The van der Waals surface area contributed by atoms with Gasteiger partial charge in [-0.2, -0.15) is 0 Å². The second-order valence-corrected chi connectivity index (χ2v) is 8.14. The smallest absolute Gasteiger partial charge is 0.101 e. The standard InChI is InChI=1S/C26H25FN2/c1-18-9-14-26-25(24-8-3-2-5-21(24)17-29(18)26)13-12-23-11-10-20(16-28-23)19-6-4-7-22(27)15-19/h2-3,5-6,8,10-13,15-16,25-26H,1,4,7,9,14,17H2/b13-12+/t25?,26-/m1/s1. The van der Waals surface area contributed by atoms with Crippen molar-refractivity contribution in [2.45, 2.75) is 44.2 Å². The van der Waals surface area contributed by atoms with E-state index < -0.39 is 0 Å². The van der Waals surface area contributed by atoms with Crippen molar-refractivity contribution in [3.05, 3.63) is 101 Å². The lowest BCUT2D eigenvalue weighted by Gasteiger charge is -2.38. The van der Waals surface area contributed by atoms with Crippen LogP contribution in [0.15, 0.2) is 78.9 Å². The predicted molar refractivity (Wildman–Crippen MR) is 117 cm³/mol. The maximum atomic E-state index is 13.6. The minimum Gasteiger partial charge on any atom is -0.367 e. The number of pyridine rings is 1. The molecule has 2 aromatic rings. The molecule has 3 heterocycles.